The van der Waals surface area contributed by atoms with Crippen LogP contribution in [0.1, 0.15) is 40.5 Å². The van der Waals surface area contributed by atoms with Gasteiger partial charge < -0.3 is 10.5 Å². The van der Waals surface area contributed by atoms with Crippen LogP contribution in [0, 0.1) is 17.2 Å². The maximum absolute atomic E-state index is 9.75. The third-order valence-corrected chi connectivity index (χ3v) is 2.25. The number of rotatable bonds is 5. The van der Waals surface area contributed by atoms with Crippen molar-refractivity contribution in [2.24, 2.45) is 11.8 Å². The van der Waals surface area contributed by atoms with Crippen molar-refractivity contribution in [1.29, 1.82) is 5.41 Å². The zero-order valence-corrected chi connectivity index (χ0v) is 8.59. The fourth-order valence-electron chi connectivity index (χ4n) is 1.42. The topological polar surface area (TPSA) is 44.1 Å². The lowest BCUT2D eigenvalue weighted by Crippen LogP contribution is -2.30. The van der Waals surface area contributed by atoms with Crippen molar-refractivity contribution in [2.45, 2.75) is 46.6 Å². The molecule has 0 bridgehead atoms. The van der Waals surface area contributed by atoms with E-state index in [9.17, 15) is 5.11 Å². The van der Waals surface area contributed by atoms with Gasteiger partial charge >= 0.3 is 0 Å². The van der Waals surface area contributed by atoms with E-state index in [-0.39, 0.29) is 17.9 Å². The van der Waals surface area contributed by atoms with E-state index in [0.29, 0.717) is 5.71 Å². The minimum Gasteiger partial charge on any atom is -0.392 e. The minimum absolute atomic E-state index is 0.0648. The molecule has 0 spiro atoms. The molecule has 72 valence electrons. The average Bonchev–Trinajstić information content (AvgIpc) is 1.98. The molecule has 2 nitrogen and oxygen atoms in total. The summed E-state index contributed by atoms with van der Waals surface area (Å²) < 4.78 is 0. The van der Waals surface area contributed by atoms with Gasteiger partial charge in [-0.1, -0.05) is 27.2 Å². The molecule has 0 aromatic rings. The predicted octanol–water partition coefficient (Wildman–Crippen LogP) is 2.46. The molecule has 0 aromatic carbocycles. The van der Waals surface area contributed by atoms with E-state index in [2.05, 4.69) is 6.92 Å². The zero-order chi connectivity index (χ0) is 9.72. The third kappa shape index (κ3) is 3.35. The highest BCUT2D eigenvalue weighted by atomic mass is 16.3. The number of hydrogen-bond acceptors (Lipinski definition) is 2. The quantitative estimate of drug-likeness (QED) is 0.613. The molecule has 0 saturated heterocycles. The summed E-state index contributed by atoms with van der Waals surface area (Å²) in [5, 5.41) is 17.3. The minimum atomic E-state index is -0.345. The molecule has 0 aliphatic rings. The number of nitrogens with one attached hydrogen (secondary N) is 1. The first kappa shape index (κ1) is 11.6. The summed E-state index contributed by atoms with van der Waals surface area (Å²) in [4.78, 5) is 0. The lowest BCUT2D eigenvalue weighted by atomic mass is 9.87. The van der Waals surface area contributed by atoms with Gasteiger partial charge in [-0.05, 0) is 19.3 Å². The molecule has 0 heterocycles. The van der Waals surface area contributed by atoms with Gasteiger partial charge in [0.15, 0.2) is 0 Å². The Morgan fingerprint density at radius 2 is 1.92 bits per heavy atom. The molecule has 0 aromatic heterocycles. The van der Waals surface area contributed by atoms with Gasteiger partial charge in [0.1, 0.15) is 0 Å². The van der Waals surface area contributed by atoms with Crippen molar-refractivity contribution in [3.63, 3.8) is 0 Å². The maximum atomic E-state index is 9.75. The largest absolute Gasteiger partial charge is 0.392 e. The molecule has 2 unspecified atom stereocenters. The van der Waals surface area contributed by atoms with Crippen LogP contribution in [-0.2, 0) is 0 Å². The van der Waals surface area contributed by atoms with Crippen LogP contribution < -0.4 is 0 Å². The highest BCUT2D eigenvalue weighted by Crippen LogP contribution is 2.18. The summed E-state index contributed by atoms with van der Waals surface area (Å²) >= 11 is 0. The van der Waals surface area contributed by atoms with E-state index in [1.165, 1.54) is 0 Å². The molecule has 0 rings (SSSR count). The van der Waals surface area contributed by atoms with Crippen molar-refractivity contribution in [3.05, 3.63) is 0 Å². The molecule has 2 atom stereocenters. The van der Waals surface area contributed by atoms with Crippen LogP contribution in [0.3, 0.4) is 0 Å². The first-order valence-electron chi connectivity index (χ1n) is 4.73. The lowest BCUT2D eigenvalue weighted by molar-refractivity contribution is 0.0873. The van der Waals surface area contributed by atoms with E-state index in [1.807, 2.05) is 13.8 Å². The summed E-state index contributed by atoms with van der Waals surface area (Å²) in [6, 6.07) is 0. The van der Waals surface area contributed by atoms with Crippen molar-refractivity contribution >= 4 is 5.71 Å². The average molecular weight is 171 g/mol. The monoisotopic (exact) mass is 171 g/mol. The highest BCUT2D eigenvalue weighted by molar-refractivity contribution is 5.81. The van der Waals surface area contributed by atoms with E-state index in [0.717, 1.165) is 12.8 Å². The summed E-state index contributed by atoms with van der Waals surface area (Å²) in [5.74, 6) is 0.317. The van der Waals surface area contributed by atoms with Crippen molar-refractivity contribution in [1.82, 2.24) is 0 Å². The van der Waals surface area contributed by atoms with E-state index < -0.39 is 0 Å². The standard InChI is InChI=1S/C10H21NO/c1-5-6-9(8(4)11)10(12)7(2)3/h7,9-12H,5-6H2,1-4H3. The molecule has 0 aliphatic carbocycles. The second kappa shape index (κ2) is 5.31. The van der Waals surface area contributed by atoms with Gasteiger partial charge in [-0.25, -0.2) is 0 Å². The Kier molecular flexibility index (Phi) is 5.14. The molecule has 2 N–H and O–H groups in total. The maximum Gasteiger partial charge on any atom is 0.0643 e. The molecular weight excluding hydrogens is 150 g/mol. The summed E-state index contributed by atoms with van der Waals surface area (Å²) in [7, 11) is 0. The lowest BCUT2D eigenvalue weighted by Gasteiger charge is -2.24. The molecular formula is C10H21NO. The Hall–Kier alpha value is -0.370. The van der Waals surface area contributed by atoms with E-state index in [1.54, 1.807) is 6.92 Å². The van der Waals surface area contributed by atoms with Gasteiger partial charge in [0.05, 0.1) is 6.10 Å². The van der Waals surface area contributed by atoms with Crippen LogP contribution in [0.2, 0.25) is 0 Å². The Morgan fingerprint density at radius 1 is 1.42 bits per heavy atom. The Labute approximate surface area is 75.5 Å². The van der Waals surface area contributed by atoms with Gasteiger partial charge in [0.2, 0.25) is 0 Å². The summed E-state index contributed by atoms with van der Waals surface area (Å²) in [5.41, 5.74) is 0.609. The third-order valence-electron chi connectivity index (χ3n) is 2.25. The van der Waals surface area contributed by atoms with Crippen LogP contribution in [0.5, 0.6) is 0 Å². The molecule has 0 fully saturated rings. The van der Waals surface area contributed by atoms with Gasteiger partial charge in [0.25, 0.3) is 0 Å². The Bertz CT molecular complexity index is 143. The second-order valence-electron chi connectivity index (χ2n) is 3.81. The van der Waals surface area contributed by atoms with Crippen LogP contribution in [0.15, 0.2) is 0 Å². The van der Waals surface area contributed by atoms with Crippen LogP contribution in [0.25, 0.3) is 0 Å². The SMILES string of the molecule is CCCC(C(C)=N)C(O)C(C)C. The normalized spacial score (nSPS) is 16.2. The fraction of sp³-hybridized carbons (Fsp3) is 0.900. The van der Waals surface area contributed by atoms with Crippen LogP contribution >= 0.6 is 0 Å². The van der Waals surface area contributed by atoms with E-state index in [4.69, 9.17) is 5.41 Å². The number of aliphatic hydroxyl groups is 1. The van der Waals surface area contributed by atoms with Crippen molar-refractivity contribution in [3.8, 4) is 0 Å². The molecule has 0 saturated carbocycles. The zero-order valence-electron chi connectivity index (χ0n) is 8.59. The molecule has 0 radical (unpaired) electrons. The van der Waals surface area contributed by atoms with Gasteiger partial charge in [-0.3, -0.25) is 0 Å². The van der Waals surface area contributed by atoms with E-state index >= 15 is 0 Å². The first-order valence-corrected chi connectivity index (χ1v) is 4.73. The molecule has 2 heteroatoms. The molecule has 0 aliphatic heterocycles. The molecule has 12 heavy (non-hydrogen) atoms. The Balaban J connectivity index is 4.18. The highest BCUT2D eigenvalue weighted by Gasteiger charge is 2.22. The van der Waals surface area contributed by atoms with Gasteiger partial charge in [-0.2, -0.15) is 0 Å². The van der Waals surface area contributed by atoms with Gasteiger partial charge in [0, 0.05) is 11.6 Å². The first-order chi connectivity index (χ1) is 5.50. The van der Waals surface area contributed by atoms with Gasteiger partial charge in [-0.15, -0.1) is 0 Å². The van der Waals surface area contributed by atoms with Crippen molar-refractivity contribution in [2.75, 3.05) is 0 Å². The fourth-order valence-corrected chi connectivity index (χ4v) is 1.42. The number of aliphatic hydroxyl groups excluding tert-OH is 1. The Morgan fingerprint density at radius 3 is 2.17 bits per heavy atom. The van der Waals surface area contributed by atoms with Crippen LogP contribution in [-0.4, -0.2) is 16.9 Å². The second-order valence-corrected chi connectivity index (χ2v) is 3.81. The summed E-state index contributed by atoms with van der Waals surface area (Å²) in [6.45, 7) is 7.86. The smallest absolute Gasteiger partial charge is 0.0643 e. The predicted molar refractivity (Wildman–Crippen MR) is 52.6 cm³/mol. The number of hydrogen-bond donors (Lipinski definition) is 2. The van der Waals surface area contributed by atoms with Crippen molar-refractivity contribution < 1.29 is 5.11 Å². The summed E-state index contributed by atoms with van der Waals surface area (Å²) in [6.07, 6.45) is 1.61. The van der Waals surface area contributed by atoms with Crippen LogP contribution in [0.4, 0.5) is 0 Å². The molecule has 0 amide bonds.